The van der Waals surface area contributed by atoms with E-state index in [1.54, 1.807) is 0 Å². The number of allylic oxidation sites excluding steroid dienone is 4. The quantitative estimate of drug-likeness (QED) is 0.0926. The van der Waals surface area contributed by atoms with Crippen LogP contribution in [0.5, 0.6) is 0 Å². The molecule has 0 spiro atoms. The number of hydrogen-bond acceptors (Lipinski definition) is 6. The van der Waals surface area contributed by atoms with Gasteiger partial charge in [-0.25, -0.2) is 0 Å². The summed E-state index contributed by atoms with van der Waals surface area (Å²) in [7, 11) is 0. The topological polar surface area (TPSA) is 99.3 Å². The molecule has 0 heterocycles. The summed E-state index contributed by atoms with van der Waals surface area (Å²) in [5.41, 5.74) is 3.82. The molecule has 4 aromatic carbocycles. The number of aliphatic hydroxyl groups excluding tert-OH is 2. The number of nitrogens with zero attached hydrogens (tertiary/aromatic N) is 2. The van der Waals surface area contributed by atoms with E-state index >= 15 is 0 Å². The molecule has 0 radical (unpaired) electrons. The van der Waals surface area contributed by atoms with Crippen LogP contribution in [0.15, 0.2) is 118 Å². The molecule has 6 nitrogen and oxygen atoms in total. The lowest BCUT2D eigenvalue weighted by Gasteiger charge is -2.31. The van der Waals surface area contributed by atoms with E-state index in [2.05, 4.69) is 64.1 Å². The zero-order valence-electron chi connectivity index (χ0n) is 31.2. The Hall–Kier alpha value is -4.84. The number of fused-ring (bicyclic) bond motifs is 2. The second-order valence-electron chi connectivity index (χ2n) is 16.2. The molecule has 270 valence electrons. The fourth-order valence-corrected chi connectivity index (χ4v) is 7.94. The number of ketones is 2. The predicted molar refractivity (Wildman–Crippen MR) is 214 cm³/mol. The number of hydrogen-bond donors (Lipinski definition) is 2. The summed E-state index contributed by atoms with van der Waals surface area (Å²) in [5.74, 6) is 0.145. The van der Waals surface area contributed by atoms with Crippen LogP contribution in [-0.4, -0.2) is 46.3 Å². The molecule has 0 unspecified atom stereocenters. The second kappa shape index (κ2) is 15.8. The molecule has 6 heteroatoms. The van der Waals surface area contributed by atoms with Gasteiger partial charge in [0, 0.05) is 50.2 Å². The number of aliphatic hydroxyl groups is 2. The number of Topliss-reactive ketones (excluding diaryl/α,β-unsaturated/α-hetero) is 2. The third-order valence-electron chi connectivity index (χ3n) is 10.4. The van der Waals surface area contributed by atoms with Crippen LogP contribution in [0, 0.1) is 10.8 Å². The molecule has 0 aromatic heterocycles. The van der Waals surface area contributed by atoms with E-state index in [4.69, 9.17) is 9.98 Å². The first kappa shape index (κ1) is 36.9. The maximum absolute atomic E-state index is 13.4. The third kappa shape index (κ3) is 8.78. The zero-order chi connectivity index (χ0) is 36.9. The molecule has 2 aliphatic rings. The minimum atomic E-state index is -0.204. The highest BCUT2D eigenvalue weighted by molar-refractivity contribution is 6.25. The lowest BCUT2D eigenvalue weighted by Crippen LogP contribution is -2.33. The molecule has 6 rings (SSSR count). The summed E-state index contributed by atoms with van der Waals surface area (Å²) >= 11 is 0. The first-order chi connectivity index (χ1) is 24.9. The highest BCUT2D eigenvalue weighted by atomic mass is 16.3. The van der Waals surface area contributed by atoms with Gasteiger partial charge < -0.3 is 10.2 Å². The van der Waals surface area contributed by atoms with Crippen LogP contribution in [-0.2, 0) is 22.4 Å². The minimum absolute atomic E-state index is 0.0344. The van der Waals surface area contributed by atoms with Gasteiger partial charge in [-0.1, -0.05) is 125 Å². The van der Waals surface area contributed by atoms with Crippen LogP contribution < -0.4 is 0 Å². The second-order valence-corrected chi connectivity index (χ2v) is 16.2. The van der Waals surface area contributed by atoms with Crippen LogP contribution in [0.25, 0.3) is 21.5 Å². The molecule has 0 bridgehead atoms. The van der Waals surface area contributed by atoms with E-state index in [1.165, 1.54) is 0 Å². The van der Waals surface area contributed by atoms with Crippen LogP contribution in [0.4, 0.5) is 0 Å². The van der Waals surface area contributed by atoms with Gasteiger partial charge in [0.1, 0.15) is 11.5 Å². The molecule has 0 amide bonds. The summed E-state index contributed by atoms with van der Waals surface area (Å²) in [4.78, 5) is 36.6. The number of carbonyl (C=O) groups excluding carboxylic acids is 2. The molecular weight excluding hydrogens is 645 g/mol. The zero-order valence-corrected chi connectivity index (χ0v) is 31.2. The average Bonchev–Trinajstić information content (AvgIpc) is 3.08. The first-order valence-corrected chi connectivity index (χ1v) is 18.8. The lowest BCUT2D eigenvalue weighted by molar-refractivity contribution is -0.118. The van der Waals surface area contributed by atoms with Crippen LogP contribution >= 0.6 is 0 Å². The summed E-state index contributed by atoms with van der Waals surface area (Å²) < 4.78 is 0. The van der Waals surface area contributed by atoms with E-state index in [0.29, 0.717) is 62.8 Å². The molecule has 2 saturated carbocycles. The number of aliphatic imine (C=N–C) groups is 2. The molecule has 4 aromatic rings. The fraction of sp³-hybridized carbons (Fsp3) is 0.391. The van der Waals surface area contributed by atoms with Gasteiger partial charge in [0.2, 0.25) is 0 Å². The Labute approximate surface area is 308 Å². The molecule has 0 aliphatic heterocycles. The van der Waals surface area contributed by atoms with Gasteiger partial charge in [-0.3, -0.25) is 19.6 Å². The van der Waals surface area contributed by atoms with Crippen molar-refractivity contribution >= 4 is 44.5 Å². The van der Waals surface area contributed by atoms with Crippen molar-refractivity contribution in [1.82, 2.24) is 0 Å². The Morgan fingerprint density at radius 1 is 0.538 bits per heavy atom. The smallest absolute Gasteiger partial charge is 0.168 e. The first-order valence-electron chi connectivity index (χ1n) is 18.8. The van der Waals surface area contributed by atoms with E-state index in [0.717, 1.165) is 69.8 Å². The predicted octanol–water partition coefficient (Wildman–Crippen LogP) is 10.6. The number of benzene rings is 4. The lowest BCUT2D eigenvalue weighted by atomic mass is 9.73. The number of rotatable bonds is 11. The minimum Gasteiger partial charge on any atom is -0.511 e. The van der Waals surface area contributed by atoms with Crippen molar-refractivity contribution in [2.45, 2.75) is 91.9 Å². The normalized spacial score (nSPS) is 20.9. The van der Waals surface area contributed by atoms with Gasteiger partial charge in [-0.05, 0) is 69.2 Å². The molecule has 0 saturated heterocycles. The van der Waals surface area contributed by atoms with Gasteiger partial charge >= 0.3 is 0 Å². The molecule has 2 N–H and O–H groups in total. The van der Waals surface area contributed by atoms with Crippen molar-refractivity contribution in [2.24, 2.45) is 20.8 Å². The van der Waals surface area contributed by atoms with Gasteiger partial charge in [0.05, 0.1) is 11.1 Å². The standard InChI is InChI=1S/C46H52N2O4/c1-45(2)27-37(43(41(51)29-45)39(49)25-33-19-13-17-31-15-7-9-21-35(31)33)47-23-11-5-6-12-24-48-38-28-46(3,4)30-42(52)44(38)40(50)26-34-20-14-18-32-16-8-10-22-36(32)34/h7-10,13-22,49-50H,5-6,11-12,23-30H2,1-4H3/b43-39+,44-40+,47-37?,48-38?. The van der Waals surface area contributed by atoms with Gasteiger partial charge in [-0.2, -0.15) is 0 Å². The SMILES string of the molecule is CC1(C)CC(=O)/C(=C(/O)Cc2cccc3ccccc23)C(=NCCCCCCN=C2CC(C)(C)CC(=O)/C2=C(/O)Cc2cccc3ccccc23)C1. The summed E-state index contributed by atoms with van der Waals surface area (Å²) in [5, 5.41) is 27.1. The van der Waals surface area contributed by atoms with Gasteiger partial charge in [0.15, 0.2) is 11.6 Å². The number of unbranched alkanes of at least 4 members (excludes halogenated alkanes) is 3. The van der Waals surface area contributed by atoms with Crippen molar-refractivity contribution in [3.8, 4) is 0 Å². The average molecular weight is 697 g/mol. The third-order valence-corrected chi connectivity index (χ3v) is 10.4. The van der Waals surface area contributed by atoms with Crippen molar-refractivity contribution in [3.05, 3.63) is 119 Å². The maximum Gasteiger partial charge on any atom is 0.168 e. The van der Waals surface area contributed by atoms with Crippen molar-refractivity contribution in [3.63, 3.8) is 0 Å². The Morgan fingerprint density at radius 3 is 1.35 bits per heavy atom. The Bertz CT molecular complexity index is 1950. The van der Waals surface area contributed by atoms with E-state index in [-0.39, 0.29) is 33.9 Å². The molecule has 0 atom stereocenters. The van der Waals surface area contributed by atoms with Crippen LogP contribution in [0.3, 0.4) is 0 Å². The molecule has 2 aliphatic carbocycles. The van der Waals surface area contributed by atoms with Crippen molar-refractivity contribution in [1.29, 1.82) is 0 Å². The summed E-state index contributed by atoms with van der Waals surface area (Å²) in [6, 6.07) is 28.3. The monoisotopic (exact) mass is 696 g/mol. The summed E-state index contributed by atoms with van der Waals surface area (Å²) in [6.07, 6.45) is 6.35. The molecule has 2 fully saturated rings. The Morgan fingerprint density at radius 2 is 0.923 bits per heavy atom. The largest absolute Gasteiger partial charge is 0.511 e. The van der Waals surface area contributed by atoms with Gasteiger partial charge in [-0.15, -0.1) is 0 Å². The highest BCUT2D eigenvalue weighted by Gasteiger charge is 2.37. The van der Waals surface area contributed by atoms with Crippen molar-refractivity contribution in [2.75, 3.05) is 13.1 Å². The van der Waals surface area contributed by atoms with E-state index in [1.807, 2.05) is 48.5 Å². The molecular formula is C46H52N2O4. The van der Waals surface area contributed by atoms with Crippen LogP contribution in [0.2, 0.25) is 0 Å². The summed E-state index contributed by atoms with van der Waals surface area (Å²) in [6.45, 7) is 9.54. The van der Waals surface area contributed by atoms with Crippen molar-refractivity contribution < 1.29 is 19.8 Å². The highest BCUT2D eigenvalue weighted by Crippen LogP contribution is 2.37. The molecule has 52 heavy (non-hydrogen) atoms. The van der Waals surface area contributed by atoms with Gasteiger partial charge in [0.25, 0.3) is 0 Å². The Balaban J connectivity index is 1.08. The Kier molecular flexibility index (Phi) is 11.2. The maximum atomic E-state index is 13.4. The fourth-order valence-electron chi connectivity index (χ4n) is 7.94. The van der Waals surface area contributed by atoms with E-state index in [9.17, 15) is 19.8 Å². The van der Waals surface area contributed by atoms with Crippen LogP contribution in [0.1, 0.15) is 90.2 Å². The number of carbonyl (C=O) groups is 2. The van der Waals surface area contributed by atoms with E-state index < -0.39 is 0 Å².